The molecule has 1 aromatic rings. The van der Waals surface area contributed by atoms with Crippen LogP contribution in [0.25, 0.3) is 0 Å². The molecule has 1 aromatic carbocycles. The van der Waals surface area contributed by atoms with Gasteiger partial charge >= 0.3 is 0 Å². The monoisotopic (exact) mass is 372 g/mol. The van der Waals surface area contributed by atoms with Crippen molar-refractivity contribution < 1.29 is 19.5 Å². The summed E-state index contributed by atoms with van der Waals surface area (Å²) < 4.78 is 0. The third-order valence-corrected chi connectivity index (χ3v) is 5.83. The van der Waals surface area contributed by atoms with E-state index in [2.05, 4.69) is 10.2 Å². The van der Waals surface area contributed by atoms with E-state index in [1.165, 1.54) is 0 Å². The first-order chi connectivity index (χ1) is 13.0. The van der Waals surface area contributed by atoms with Crippen molar-refractivity contribution in [3.05, 3.63) is 34.9 Å². The molecule has 3 aliphatic heterocycles. The van der Waals surface area contributed by atoms with Crippen molar-refractivity contribution in [1.29, 1.82) is 0 Å². The van der Waals surface area contributed by atoms with E-state index in [9.17, 15) is 19.5 Å². The van der Waals surface area contributed by atoms with Gasteiger partial charge in [-0.1, -0.05) is 12.1 Å². The molecule has 0 aromatic heterocycles. The molecule has 27 heavy (non-hydrogen) atoms. The molecule has 8 nitrogen and oxygen atoms in total. The number of aliphatic hydroxyl groups is 1. The molecule has 1 unspecified atom stereocenters. The Morgan fingerprint density at radius 2 is 2.07 bits per heavy atom. The second-order valence-corrected chi connectivity index (χ2v) is 7.55. The van der Waals surface area contributed by atoms with Crippen molar-refractivity contribution in [2.45, 2.75) is 50.5 Å². The minimum atomic E-state index is -0.610. The van der Waals surface area contributed by atoms with E-state index in [0.717, 1.165) is 11.1 Å². The average molecular weight is 372 g/mol. The number of nitrogens with zero attached hydrogens (tertiary/aromatic N) is 2. The van der Waals surface area contributed by atoms with E-state index in [-0.39, 0.29) is 30.4 Å². The van der Waals surface area contributed by atoms with Gasteiger partial charge in [0.15, 0.2) is 0 Å². The number of β-amino-alcohol motifs (C(OH)–C–C–N with tert-alkyl or cyclic N) is 1. The molecule has 2 saturated heterocycles. The summed E-state index contributed by atoms with van der Waals surface area (Å²) in [7, 11) is 0. The third kappa shape index (κ3) is 3.24. The van der Waals surface area contributed by atoms with Crippen LogP contribution in [0.15, 0.2) is 18.2 Å². The normalized spacial score (nSPS) is 28.6. The number of likely N-dealkylation sites (tertiary alicyclic amines) is 1. The zero-order valence-corrected chi connectivity index (χ0v) is 15.1. The minimum Gasteiger partial charge on any atom is -0.392 e. The highest BCUT2D eigenvalue weighted by Gasteiger charge is 2.40. The van der Waals surface area contributed by atoms with Gasteiger partial charge in [0.05, 0.1) is 6.10 Å². The van der Waals surface area contributed by atoms with Crippen LogP contribution in [0, 0.1) is 0 Å². The first kappa shape index (κ1) is 18.1. The number of nitrogens with one attached hydrogen (secondary N) is 1. The maximum absolute atomic E-state index is 12.9. The van der Waals surface area contributed by atoms with E-state index >= 15 is 0 Å². The Hall–Kier alpha value is -2.29. The number of hydrogen-bond acceptors (Lipinski definition) is 6. The van der Waals surface area contributed by atoms with Gasteiger partial charge in [0.25, 0.3) is 5.91 Å². The number of rotatable bonds is 4. The van der Waals surface area contributed by atoms with Gasteiger partial charge in [-0.15, -0.1) is 0 Å². The van der Waals surface area contributed by atoms with Crippen LogP contribution in [-0.4, -0.2) is 63.9 Å². The molecule has 0 aliphatic carbocycles. The number of hydrogen-bond donors (Lipinski definition) is 3. The number of amides is 3. The molecule has 0 saturated carbocycles. The van der Waals surface area contributed by atoms with E-state index in [0.29, 0.717) is 44.6 Å². The quantitative estimate of drug-likeness (QED) is 0.605. The van der Waals surface area contributed by atoms with Crippen molar-refractivity contribution in [3.8, 4) is 0 Å². The Balaban J connectivity index is 1.56. The number of benzene rings is 1. The largest absolute Gasteiger partial charge is 0.392 e. The van der Waals surface area contributed by atoms with Crippen LogP contribution in [0.4, 0.5) is 0 Å². The van der Waals surface area contributed by atoms with Crippen molar-refractivity contribution in [1.82, 2.24) is 15.1 Å². The summed E-state index contributed by atoms with van der Waals surface area (Å²) in [5.41, 5.74) is 8.38. The molecule has 3 amide bonds. The van der Waals surface area contributed by atoms with Gasteiger partial charge < -0.3 is 15.7 Å². The molecule has 4 N–H and O–H groups in total. The molecule has 0 bridgehead atoms. The average Bonchev–Trinajstić information content (AvgIpc) is 3.16. The topological polar surface area (TPSA) is 116 Å². The smallest absolute Gasteiger partial charge is 0.255 e. The summed E-state index contributed by atoms with van der Waals surface area (Å²) in [5, 5.41) is 12.3. The molecular formula is C19H24N4O4. The highest BCUT2D eigenvalue weighted by atomic mass is 16.3. The third-order valence-electron chi connectivity index (χ3n) is 5.83. The molecule has 4 rings (SSSR count). The number of imide groups is 1. The molecule has 3 heterocycles. The molecule has 3 aliphatic rings. The molecule has 3 atom stereocenters. The van der Waals surface area contributed by atoms with E-state index in [1.54, 1.807) is 11.0 Å². The van der Waals surface area contributed by atoms with Crippen molar-refractivity contribution in [2.24, 2.45) is 5.73 Å². The molecule has 0 radical (unpaired) electrons. The Morgan fingerprint density at radius 3 is 2.81 bits per heavy atom. The number of carbonyl (C=O) groups is 3. The van der Waals surface area contributed by atoms with Crippen molar-refractivity contribution in [2.75, 3.05) is 13.1 Å². The Labute approximate surface area is 157 Å². The van der Waals surface area contributed by atoms with Crippen molar-refractivity contribution >= 4 is 17.7 Å². The fourth-order valence-corrected chi connectivity index (χ4v) is 4.41. The summed E-state index contributed by atoms with van der Waals surface area (Å²) in [4.78, 5) is 40.2. The van der Waals surface area contributed by atoms with Crippen LogP contribution >= 0.6 is 0 Å². The maximum atomic E-state index is 12.9. The van der Waals surface area contributed by atoms with Gasteiger partial charge in [0.2, 0.25) is 11.8 Å². The first-order valence-corrected chi connectivity index (χ1v) is 9.35. The second-order valence-electron chi connectivity index (χ2n) is 7.55. The molecule has 0 spiro atoms. The molecule has 8 heteroatoms. The summed E-state index contributed by atoms with van der Waals surface area (Å²) in [5.74, 6) is -0.862. The van der Waals surface area contributed by atoms with E-state index < -0.39 is 11.9 Å². The number of fused-ring (bicyclic) bond motifs is 1. The molecular weight excluding hydrogens is 348 g/mol. The van der Waals surface area contributed by atoms with Crippen LogP contribution in [0.2, 0.25) is 0 Å². The highest BCUT2D eigenvalue weighted by Crippen LogP contribution is 2.31. The van der Waals surface area contributed by atoms with Crippen LogP contribution in [-0.2, 0) is 22.7 Å². The van der Waals surface area contributed by atoms with Gasteiger partial charge in [0.1, 0.15) is 6.04 Å². The Kier molecular flexibility index (Phi) is 4.71. The van der Waals surface area contributed by atoms with Crippen LogP contribution in [0.3, 0.4) is 0 Å². The molecule has 144 valence electrons. The first-order valence-electron chi connectivity index (χ1n) is 9.35. The summed E-state index contributed by atoms with van der Waals surface area (Å²) in [6.07, 6.45) is 0.879. The van der Waals surface area contributed by atoms with Crippen molar-refractivity contribution in [3.63, 3.8) is 0 Å². The summed E-state index contributed by atoms with van der Waals surface area (Å²) in [6, 6.07) is 5.13. The predicted molar refractivity (Wildman–Crippen MR) is 96.4 cm³/mol. The fraction of sp³-hybridized carbons (Fsp3) is 0.526. The van der Waals surface area contributed by atoms with Crippen LogP contribution in [0.5, 0.6) is 0 Å². The lowest BCUT2D eigenvalue weighted by Crippen LogP contribution is -2.52. The van der Waals surface area contributed by atoms with E-state index in [4.69, 9.17) is 5.73 Å². The Morgan fingerprint density at radius 1 is 1.26 bits per heavy atom. The Bertz CT molecular complexity index is 796. The lowest BCUT2D eigenvalue weighted by molar-refractivity contribution is -0.136. The lowest BCUT2D eigenvalue weighted by Gasteiger charge is -2.29. The zero-order valence-electron chi connectivity index (χ0n) is 15.1. The minimum absolute atomic E-state index is 0.124. The van der Waals surface area contributed by atoms with Gasteiger partial charge in [-0.05, 0) is 30.0 Å². The number of piperidine rings is 1. The van der Waals surface area contributed by atoms with Gasteiger partial charge in [-0.3, -0.25) is 24.6 Å². The van der Waals surface area contributed by atoms with Gasteiger partial charge in [-0.25, -0.2) is 0 Å². The highest BCUT2D eigenvalue weighted by molar-refractivity contribution is 6.05. The fourth-order valence-electron chi connectivity index (χ4n) is 4.41. The molecule has 2 fully saturated rings. The second kappa shape index (κ2) is 7.03. The SMILES string of the molecule is NC[C@@H]1C[C@H](O)CN1Cc1cccc2c1CN(C1CCC(=O)NC1=O)C2=O. The van der Waals surface area contributed by atoms with Gasteiger partial charge in [0, 0.05) is 44.2 Å². The predicted octanol–water partition coefficient (Wildman–Crippen LogP) is -0.658. The van der Waals surface area contributed by atoms with Gasteiger partial charge in [-0.2, -0.15) is 0 Å². The summed E-state index contributed by atoms with van der Waals surface area (Å²) >= 11 is 0. The van der Waals surface area contributed by atoms with Crippen LogP contribution < -0.4 is 11.1 Å². The standard InChI is InChI=1S/C19H24N4O4/c20-7-12-6-13(24)9-22(12)8-11-2-1-3-14-15(11)10-23(19(14)27)16-4-5-17(25)21-18(16)26/h1-3,12-13,16,24H,4-10,20H2,(H,21,25,26)/t12-,13-,16?/m0/s1. The van der Waals surface area contributed by atoms with Crippen LogP contribution in [0.1, 0.15) is 40.7 Å². The number of carbonyl (C=O) groups excluding carboxylic acids is 3. The number of aliphatic hydroxyl groups excluding tert-OH is 1. The summed E-state index contributed by atoms with van der Waals surface area (Å²) in [6.45, 7) is 2.02. The zero-order chi connectivity index (χ0) is 19.1. The lowest BCUT2D eigenvalue weighted by atomic mass is 10.0. The maximum Gasteiger partial charge on any atom is 0.255 e. The number of nitrogens with two attached hydrogens (primary N) is 1. The van der Waals surface area contributed by atoms with E-state index in [1.807, 2.05) is 12.1 Å².